The van der Waals surface area contributed by atoms with Crippen LogP contribution in [0.5, 0.6) is 0 Å². The molecule has 0 unspecified atom stereocenters. The molecule has 2 heterocycles. The zero-order chi connectivity index (χ0) is 13.8. The van der Waals surface area contributed by atoms with Crippen molar-refractivity contribution in [3.8, 4) is 11.4 Å². The van der Waals surface area contributed by atoms with Gasteiger partial charge in [-0.15, -0.1) is 0 Å². The number of rotatable bonds is 4. The number of aryl methyl sites for hydroxylation is 1. The molecule has 0 bridgehead atoms. The average molecular weight is 270 g/mol. The van der Waals surface area contributed by atoms with Crippen molar-refractivity contribution in [1.82, 2.24) is 19.8 Å². The van der Waals surface area contributed by atoms with Crippen molar-refractivity contribution in [2.45, 2.75) is 6.42 Å². The van der Waals surface area contributed by atoms with Gasteiger partial charge >= 0.3 is 0 Å². The summed E-state index contributed by atoms with van der Waals surface area (Å²) in [7, 11) is 2.05. The first kappa shape index (κ1) is 13.3. The Labute approximate surface area is 120 Å². The maximum atomic E-state index is 4.48. The molecule has 1 aliphatic heterocycles. The largest absolute Gasteiger partial charge is 0.334 e. The van der Waals surface area contributed by atoms with E-state index in [1.807, 2.05) is 12.4 Å². The summed E-state index contributed by atoms with van der Waals surface area (Å²) in [5.41, 5.74) is 2.65. The Bertz CT molecular complexity index is 555. The van der Waals surface area contributed by atoms with Crippen molar-refractivity contribution in [2.24, 2.45) is 7.05 Å². The Morgan fingerprint density at radius 3 is 2.75 bits per heavy atom. The highest BCUT2D eigenvalue weighted by atomic mass is 15.2. The van der Waals surface area contributed by atoms with Crippen molar-refractivity contribution in [3.63, 3.8) is 0 Å². The summed E-state index contributed by atoms with van der Waals surface area (Å²) in [6.07, 6.45) is 4.95. The van der Waals surface area contributed by atoms with Crippen LogP contribution in [0, 0.1) is 0 Å². The first-order valence-electron chi connectivity index (χ1n) is 7.33. The molecule has 1 N–H and O–H groups in total. The number of nitrogens with zero attached hydrogens (tertiary/aromatic N) is 3. The summed E-state index contributed by atoms with van der Waals surface area (Å²) in [5.74, 6) is 1.06. The molecule has 1 aromatic heterocycles. The van der Waals surface area contributed by atoms with Crippen LogP contribution in [0.4, 0.5) is 0 Å². The fraction of sp³-hybridized carbons (Fsp3) is 0.438. The van der Waals surface area contributed by atoms with Gasteiger partial charge in [0.25, 0.3) is 0 Å². The van der Waals surface area contributed by atoms with E-state index in [1.54, 1.807) is 0 Å². The number of imidazole rings is 1. The van der Waals surface area contributed by atoms with Crippen molar-refractivity contribution < 1.29 is 0 Å². The summed E-state index contributed by atoms with van der Waals surface area (Å²) < 4.78 is 2.09. The fourth-order valence-electron chi connectivity index (χ4n) is 2.79. The van der Waals surface area contributed by atoms with Crippen LogP contribution < -0.4 is 5.32 Å². The average Bonchev–Trinajstić information content (AvgIpc) is 2.92. The molecule has 0 saturated carbocycles. The van der Waals surface area contributed by atoms with Crippen LogP contribution in [0.3, 0.4) is 0 Å². The van der Waals surface area contributed by atoms with E-state index in [1.165, 1.54) is 11.1 Å². The highest BCUT2D eigenvalue weighted by Crippen LogP contribution is 2.22. The highest BCUT2D eigenvalue weighted by molar-refractivity contribution is 5.60. The van der Waals surface area contributed by atoms with Gasteiger partial charge < -0.3 is 14.8 Å². The molecule has 20 heavy (non-hydrogen) atoms. The van der Waals surface area contributed by atoms with E-state index in [2.05, 4.69) is 51.1 Å². The van der Waals surface area contributed by atoms with Crippen molar-refractivity contribution >= 4 is 0 Å². The van der Waals surface area contributed by atoms with Crippen LogP contribution >= 0.6 is 0 Å². The first-order chi connectivity index (χ1) is 9.84. The van der Waals surface area contributed by atoms with E-state index >= 15 is 0 Å². The molecule has 0 aliphatic carbocycles. The second-order valence-electron chi connectivity index (χ2n) is 5.36. The molecule has 2 aromatic rings. The first-order valence-corrected chi connectivity index (χ1v) is 7.33. The predicted molar refractivity (Wildman–Crippen MR) is 81.7 cm³/mol. The van der Waals surface area contributed by atoms with Crippen LogP contribution in [0.1, 0.15) is 5.56 Å². The lowest BCUT2D eigenvalue weighted by Crippen LogP contribution is -2.44. The number of hydrogen-bond donors (Lipinski definition) is 1. The molecule has 0 spiro atoms. The fourth-order valence-corrected chi connectivity index (χ4v) is 2.79. The van der Waals surface area contributed by atoms with Crippen molar-refractivity contribution in [2.75, 3.05) is 32.7 Å². The van der Waals surface area contributed by atoms with E-state index < -0.39 is 0 Å². The Morgan fingerprint density at radius 2 is 2.00 bits per heavy atom. The molecular formula is C16H22N4. The molecule has 106 valence electrons. The molecule has 1 fully saturated rings. The summed E-state index contributed by atoms with van der Waals surface area (Å²) in [6, 6.07) is 8.62. The maximum absolute atomic E-state index is 4.48. The van der Waals surface area contributed by atoms with Gasteiger partial charge in [0.15, 0.2) is 0 Å². The Hall–Kier alpha value is -1.65. The zero-order valence-electron chi connectivity index (χ0n) is 12.0. The molecule has 0 amide bonds. The van der Waals surface area contributed by atoms with E-state index in [4.69, 9.17) is 0 Å². The molecule has 0 radical (unpaired) electrons. The molecule has 1 aromatic carbocycles. The monoisotopic (exact) mass is 270 g/mol. The molecule has 0 atom stereocenters. The number of piperazine rings is 1. The summed E-state index contributed by atoms with van der Waals surface area (Å²) in [6.45, 7) is 5.67. The van der Waals surface area contributed by atoms with Gasteiger partial charge in [0, 0.05) is 57.7 Å². The molecule has 1 aliphatic rings. The van der Waals surface area contributed by atoms with E-state index in [0.29, 0.717) is 0 Å². The molecule has 1 saturated heterocycles. The standard InChI is InChI=1S/C16H22N4/c1-19-11-9-18-16(19)15-5-3-2-4-14(15)6-10-20-12-7-17-8-13-20/h2-5,9,11,17H,6-8,10,12-13H2,1H3. The van der Waals surface area contributed by atoms with Gasteiger partial charge in [0.2, 0.25) is 0 Å². The van der Waals surface area contributed by atoms with Gasteiger partial charge in [-0.1, -0.05) is 24.3 Å². The third-order valence-electron chi connectivity index (χ3n) is 3.99. The second-order valence-corrected chi connectivity index (χ2v) is 5.36. The minimum Gasteiger partial charge on any atom is -0.334 e. The van der Waals surface area contributed by atoms with Gasteiger partial charge in [-0.25, -0.2) is 4.98 Å². The summed E-state index contributed by atoms with van der Waals surface area (Å²) in [4.78, 5) is 7.01. The minimum absolute atomic E-state index is 1.06. The molecule has 4 nitrogen and oxygen atoms in total. The van der Waals surface area contributed by atoms with Crippen LogP contribution in [0.2, 0.25) is 0 Å². The van der Waals surface area contributed by atoms with Crippen molar-refractivity contribution in [3.05, 3.63) is 42.2 Å². The zero-order valence-corrected chi connectivity index (χ0v) is 12.0. The second kappa shape index (κ2) is 6.20. The number of benzene rings is 1. The van der Waals surface area contributed by atoms with Crippen LogP contribution in [-0.2, 0) is 13.5 Å². The topological polar surface area (TPSA) is 33.1 Å². The van der Waals surface area contributed by atoms with Gasteiger partial charge in [-0.05, 0) is 12.0 Å². The minimum atomic E-state index is 1.06. The lowest BCUT2D eigenvalue weighted by atomic mass is 10.0. The Kier molecular flexibility index (Phi) is 4.14. The number of nitrogens with one attached hydrogen (secondary N) is 1. The maximum Gasteiger partial charge on any atom is 0.139 e. The van der Waals surface area contributed by atoms with Crippen LogP contribution in [0.25, 0.3) is 11.4 Å². The van der Waals surface area contributed by atoms with Gasteiger partial charge in [0.05, 0.1) is 0 Å². The number of hydrogen-bond acceptors (Lipinski definition) is 3. The third-order valence-corrected chi connectivity index (χ3v) is 3.99. The lowest BCUT2D eigenvalue weighted by molar-refractivity contribution is 0.244. The number of aromatic nitrogens is 2. The smallest absolute Gasteiger partial charge is 0.139 e. The quantitative estimate of drug-likeness (QED) is 0.915. The lowest BCUT2D eigenvalue weighted by Gasteiger charge is -2.27. The predicted octanol–water partition coefficient (Wildman–Crippen LogP) is 1.53. The SMILES string of the molecule is Cn1ccnc1-c1ccccc1CCN1CCNCC1. The van der Waals surface area contributed by atoms with E-state index in [0.717, 1.165) is 45.0 Å². The Balaban J connectivity index is 1.74. The summed E-state index contributed by atoms with van der Waals surface area (Å²) >= 11 is 0. The molecule has 4 heteroatoms. The van der Waals surface area contributed by atoms with Crippen LogP contribution in [0.15, 0.2) is 36.7 Å². The van der Waals surface area contributed by atoms with Crippen molar-refractivity contribution in [1.29, 1.82) is 0 Å². The van der Waals surface area contributed by atoms with Gasteiger partial charge in [-0.3, -0.25) is 0 Å². The van der Waals surface area contributed by atoms with Crippen LogP contribution in [-0.4, -0.2) is 47.2 Å². The molecular weight excluding hydrogens is 248 g/mol. The van der Waals surface area contributed by atoms with Gasteiger partial charge in [-0.2, -0.15) is 0 Å². The summed E-state index contributed by atoms with van der Waals surface area (Å²) in [5, 5.41) is 3.40. The van der Waals surface area contributed by atoms with Gasteiger partial charge in [0.1, 0.15) is 5.82 Å². The van der Waals surface area contributed by atoms with E-state index in [-0.39, 0.29) is 0 Å². The molecule has 3 rings (SSSR count). The van der Waals surface area contributed by atoms with E-state index in [9.17, 15) is 0 Å². The highest BCUT2D eigenvalue weighted by Gasteiger charge is 2.12. The Morgan fingerprint density at radius 1 is 1.20 bits per heavy atom. The third kappa shape index (κ3) is 2.92. The normalized spacial score (nSPS) is 16.4.